The van der Waals surface area contributed by atoms with Gasteiger partial charge < -0.3 is 10.4 Å². The van der Waals surface area contributed by atoms with Crippen LogP contribution in [0.25, 0.3) is 0 Å². The first-order valence-electron chi connectivity index (χ1n) is 6.51. The maximum atomic E-state index is 12.2. The first-order chi connectivity index (χ1) is 8.99. The average Bonchev–Trinajstić information content (AvgIpc) is 2.96. The van der Waals surface area contributed by atoms with Gasteiger partial charge in [-0.25, -0.2) is 0 Å². The number of carboxylic acids is 1. The van der Waals surface area contributed by atoms with E-state index in [-0.39, 0.29) is 17.9 Å². The number of carboxylic acid groups (broad SMARTS) is 1. The van der Waals surface area contributed by atoms with Gasteiger partial charge in [-0.1, -0.05) is 6.92 Å². The van der Waals surface area contributed by atoms with Crippen LogP contribution in [-0.4, -0.2) is 27.2 Å². The Hall–Kier alpha value is -1.85. The summed E-state index contributed by atoms with van der Waals surface area (Å²) in [7, 11) is 0. The first kappa shape index (κ1) is 13.6. The number of nitrogens with one attached hydrogen (secondary N) is 2. The minimum absolute atomic E-state index is 0.170. The molecule has 1 aromatic heterocycles. The molecule has 1 fully saturated rings. The fourth-order valence-electron chi connectivity index (χ4n) is 2.76. The van der Waals surface area contributed by atoms with Gasteiger partial charge >= 0.3 is 5.97 Å². The molecule has 6 nitrogen and oxygen atoms in total. The lowest BCUT2D eigenvalue weighted by atomic mass is 9.95. The highest BCUT2D eigenvalue weighted by molar-refractivity contribution is 5.85. The first-order valence-corrected chi connectivity index (χ1v) is 6.51. The van der Waals surface area contributed by atoms with Gasteiger partial charge in [-0.3, -0.25) is 14.7 Å². The molecule has 0 saturated heterocycles. The van der Waals surface area contributed by atoms with Crippen LogP contribution in [0, 0.1) is 17.8 Å². The second kappa shape index (κ2) is 5.42. The van der Waals surface area contributed by atoms with Crippen molar-refractivity contribution in [2.75, 3.05) is 0 Å². The Bertz CT molecular complexity index is 458. The van der Waals surface area contributed by atoms with E-state index in [4.69, 9.17) is 0 Å². The van der Waals surface area contributed by atoms with Crippen molar-refractivity contribution in [2.24, 2.45) is 17.8 Å². The van der Waals surface area contributed by atoms with E-state index in [9.17, 15) is 14.7 Å². The summed E-state index contributed by atoms with van der Waals surface area (Å²) in [6, 6.07) is -0.170. The summed E-state index contributed by atoms with van der Waals surface area (Å²) in [5.74, 6) is -1.76. The number of aliphatic carboxylic acids is 1. The summed E-state index contributed by atoms with van der Waals surface area (Å²) >= 11 is 0. The third-order valence-corrected chi connectivity index (χ3v) is 3.83. The van der Waals surface area contributed by atoms with E-state index in [1.165, 1.54) is 0 Å². The Morgan fingerprint density at radius 1 is 1.47 bits per heavy atom. The Labute approximate surface area is 111 Å². The van der Waals surface area contributed by atoms with E-state index in [0.717, 1.165) is 5.56 Å². The van der Waals surface area contributed by atoms with E-state index in [0.29, 0.717) is 12.8 Å². The van der Waals surface area contributed by atoms with Crippen molar-refractivity contribution in [3.63, 3.8) is 0 Å². The Morgan fingerprint density at radius 3 is 2.74 bits per heavy atom. The third kappa shape index (κ3) is 2.94. The zero-order valence-electron chi connectivity index (χ0n) is 11.1. The monoisotopic (exact) mass is 265 g/mol. The predicted molar refractivity (Wildman–Crippen MR) is 68.2 cm³/mol. The fraction of sp³-hybridized carbons (Fsp3) is 0.615. The molecule has 3 N–H and O–H groups in total. The normalized spacial score (nSPS) is 28.0. The maximum Gasteiger partial charge on any atom is 0.307 e. The molecule has 4 atom stereocenters. The number of H-pyrrole nitrogens is 1. The fourth-order valence-corrected chi connectivity index (χ4v) is 2.76. The zero-order valence-corrected chi connectivity index (χ0v) is 11.1. The van der Waals surface area contributed by atoms with Gasteiger partial charge in [0.1, 0.15) is 0 Å². The molecule has 0 radical (unpaired) electrons. The summed E-state index contributed by atoms with van der Waals surface area (Å²) in [5.41, 5.74) is 0.881. The van der Waals surface area contributed by atoms with Crippen LogP contribution < -0.4 is 5.32 Å². The minimum atomic E-state index is -0.875. The van der Waals surface area contributed by atoms with Gasteiger partial charge in [0.25, 0.3) is 0 Å². The summed E-state index contributed by atoms with van der Waals surface area (Å²) in [5, 5.41) is 18.6. The summed E-state index contributed by atoms with van der Waals surface area (Å²) < 4.78 is 0. The van der Waals surface area contributed by atoms with E-state index >= 15 is 0 Å². The molecular formula is C13H19N3O3. The molecule has 0 aliphatic heterocycles. The van der Waals surface area contributed by atoms with E-state index in [1.54, 1.807) is 12.4 Å². The number of nitrogens with zero attached hydrogens (tertiary/aromatic N) is 1. The van der Waals surface area contributed by atoms with Crippen LogP contribution in [0.3, 0.4) is 0 Å². The standard InChI is InChI=1S/C13H19N3O3/c1-7-3-10(11(4-7)13(18)19)12(17)16-8(2)9-5-14-15-6-9/h5-8,10-11H,3-4H2,1-2H3,(H,14,15)(H,16,17)(H,18,19). The van der Waals surface area contributed by atoms with Crippen molar-refractivity contribution in [2.45, 2.75) is 32.7 Å². The quantitative estimate of drug-likeness (QED) is 0.765. The van der Waals surface area contributed by atoms with Crippen molar-refractivity contribution in [1.82, 2.24) is 15.5 Å². The Kier molecular flexibility index (Phi) is 3.87. The summed E-state index contributed by atoms with van der Waals surface area (Å²) in [6.45, 7) is 3.85. The van der Waals surface area contributed by atoms with Gasteiger partial charge in [-0.15, -0.1) is 0 Å². The van der Waals surface area contributed by atoms with Crippen molar-refractivity contribution < 1.29 is 14.7 Å². The lowest BCUT2D eigenvalue weighted by Crippen LogP contribution is -2.36. The van der Waals surface area contributed by atoms with Crippen molar-refractivity contribution in [3.8, 4) is 0 Å². The van der Waals surface area contributed by atoms with Crippen LogP contribution in [0.4, 0.5) is 0 Å². The molecule has 1 aliphatic rings. The molecule has 4 unspecified atom stereocenters. The number of carbonyl (C=O) groups excluding carboxylic acids is 1. The molecule has 1 amide bonds. The lowest BCUT2D eigenvalue weighted by Gasteiger charge is -2.19. The second-order valence-corrected chi connectivity index (χ2v) is 5.39. The van der Waals surface area contributed by atoms with Crippen LogP contribution >= 0.6 is 0 Å². The summed E-state index contributed by atoms with van der Waals surface area (Å²) in [6.07, 6.45) is 4.59. The van der Waals surface area contributed by atoms with Gasteiger partial charge in [-0.2, -0.15) is 5.10 Å². The topological polar surface area (TPSA) is 95.1 Å². The molecule has 1 heterocycles. The lowest BCUT2D eigenvalue weighted by molar-refractivity contribution is -0.146. The average molecular weight is 265 g/mol. The Balaban J connectivity index is 2.01. The molecule has 1 aliphatic carbocycles. The smallest absolute Gasteiger partial charge is 0.307 e. The predicted octanol–water partition coefficient (Wildman–Crippen LogP) is 1.33. The molecule has 1 aromatic rings. The van der Waals surface area contributed by atoms with Crippen LogP contribution in [0.5, 0.6) is 0 Å². The number of aromatic nitrogens is 2. The molecular weight excluding hydrogens is 246 g/mol. The van der Waals surface area contributed by atoms with E-state index < -0.39 is 17.8 Å². The number of hydrogen-bond acceptors (Lipinski definition) is 3. The molecule has 1 saturated carbocycles. The SMILES string of the molecule is CC1CC(C(=O)O)C(C(=O)NC(C)c2cn[nH]c2)C1. The maximum absolute atomic E-state index is 12.2. The highest BCUT2D eigenvalue weighted by Gasteiger charge is 2.41. The van der Waals surface area contributed by atoms with Gasteiger partial charge in [0.05, 0.1) is 24.1 Å². The van der Waals surface area contributed by atoms with Crippen molar-refractivity contribution in [1.29, 1.82) is 0 Å². The van der Waals surface area contributed by atoms with Gasteiger partial charge in [0.2, 0.25) is 5.91 Å². The number of amides is 1. The molecule has 0 aromatic carbocycles. The minimum Gasteiger partial charge on any atom is -0.481 e. The summed E-state index contributed by atoms with van der Waals surface area (Å²) in [4.78, 5) is 23.4. The highest BCUT2D eigenvalue weighted by Crippen LogP contribution is 2.36. The van der Waals surface area contributed by atoms with Crippen LogP contribution in [-0.2, 0) is 9.59 Å². The second-order valence-electron chi connectivity index (χ2n) is 5.39. The van der Waals surface area contributed by atoms with Gasteiger partial charge in [0.15, 0.2) is 0 Å². The molecule has 19 heavy (non-hydrogen) atoms. The van der Waals surface area contributed by atoms with Crippen molar-refractivity contribution in [3.05, 3.63) is 18.0 Å². The largest absolute Gasteiger partial charge is 0.481 e. The van der Waals surface area contributed by atoms with Crippen molar-refractivity contribution >= 4 is 11.9 Å². The number of aromatic amines is 1. The van der Waals surface area contributed by atoms with E-state index in [2.05, 4.69) is 15.5 Å². The zero-order chi connectivity index (χ0) is 14.0. The third-order valence-electron chi connectivity index (χ3n) is 3.83. The van der Waals surface area contributed by atoms with Crippen LogP contribution in [0.2, 0.25) is 0 Å². The van der Waals surface area contributed by atoms with Gasteiger partial charge in [-0.05, 0) is 25.7 Å². The molecule has 6 heteroatoms. The molecule has 0 spiro atoms. The number of carbonyl (C=O) groups is 2. The van der Waals surface area contributed by atoms with Crippen LogP contribution in [0.1, 0.15) is 38.3 Å². The van der Waals surface area contributed by atoms with Gasteiger partial charge in [0, 0.05) is 11.8 Å². The molecule has 2 rings (SSSR count). The number of rotatable bonds is 4. The highest BCUT2D eigenvalue weighted by atomic mass is 16.4. The van der Waals surface area contributed by atoms with Crippen LogP contribution in [0.15, 0.2) is 12.4 Å². The number of hydrogen-bond donors (Lipinski definition) is 3. The molecule has 104 valence electrons. The molecule has 0 bridgehead atoms. The van der Waals surface area contributed by atoms with E-state index in [1.807, 2.05) is 13.8 Å². The Morgan fingerprint density at radius 2 is 2.16 bits per heavy atom.